The first kappa shape index (κ1) is 9.90. The molecule has 18 heavy (non-hydrogen) atoms. The summed E-state index contributed by atoms with van der Waals surface area (Å²) >= 11 is 0. The van der Waals surface area contributed by atoms with E-state index in [9.17, 15) is 0 Å². The standard InChI is InChI=1S/C18H13/c1-2-12-6-7-15-9-8-13-4-3-5-14-10-11-16(12)18(15)17(13)14/h3-11H,1-2H2. The van der Waals surface area contributed by atoms with Gasteiger partial charge in [0.25, 0.3) is 0 Å². The van der Waals surface area contributed by atoms with E-state index in [0.717, 1.165) is 6.42 Å². The smallest absolute Gasteiger partial charge is 0.00240 e. The third-order valence-corrected chi connectivity index (χ3v) is 3.89. The average molecular weight is 229 g/mol. The third-order valence-electron chi connectivity index (χ3n) is 3.89. The molecular formula is C18H13. The Morgan fingerprint density at radius 2 is 1.28 bits per heavy atom. The molecule has 0 spiro atoms. The predicted octanol–water partition coefficient (Wildman–Crippen LogP) is 4.96. The zero-order chi connectivity index (χ0) is 12.1. The SMILES string of the molecule is [CH2]Cc1ccc2ccc3cccc4ccc1c2c34. The van der Waals surface area contributed by atoms with Gasteiger partial charge in [0, 0.05) is 0 Å². The Labute approximate surface area is 106 Å². The highest BCUT2D eigenvalue weighted by Gasteiger charge is 2.09. The van der Waals surface area contributed by atoms with E-state index in [1.165, 1.54) is 37.9 Å². The molecule has 0 fully saturated rings. The van der Waals surface area contributed by atoms with Gasteiger partial charge in [0.05, 0.1) is 0 Å². The molecule has 0 aliphatic heterocycles. The number of rotatable bonds is 1. The summed E-state index contributed by atoms with van der Waals surface area (Å²) in [6.45, 7) is 4.04. The van der Waals surface area contributed by atoms with E-state index >= 15 is 0 Å². The summed E-state index contributed by atoms with van der Waals surface area (Å²) in [5.41, 5.74) is 1.33. The first-order valence-electron chi connectivity index (χ1n) is 6.33. The van der Waals surface area contributed by atoms with Gasteiger partial charge in [-0.3, -0.25) is 0 Å². The summed E-state index contributed by atoms with van der Waals surface area (Å²) in [6, 6.07) is 19.8. The van der Waals surface area contributed by atoms with Gasteiger partial charge in [-0.1, -0.05) is 54.6 Å². The van der Waals surface area contributed by atoms with Crippen LogP contribution in [-0.4, -0.2) is 0 Å². The largest absolute Gasteiger partial charge is 0.0610 e. The Balaban J connectivity index is 2.40. The van der Waals surface area contributed by atoms with Gasteiger partial charge in [-0.2, -0.15) is 0 Å². The van der Waals surface area contributed by atoms with Gasteiger partial charge in [-0.15, -0.1) is 0 Å². The van der Waals surface area contributed by atoms with E-state index in [4.69, 9.17) is 0 Å². The molecule has 0 atom stereocenters. The van der Waals surface area contributed by atoms with E-state index < -0.39 is 0 Å². The van der Waals surface area contributed by atoms with E-state index in [1.54, 1.807) is 0 Å². The van der Waals surface area contributed by atoms with E-state index in [-0.39, 0.29) is 0 Å². The fourth-order valence-corrected chi connectivity index (χ4v) is 3.01. The van der Waals surface area contributed by atoms with Gasteiger partial charge >= 0.3 is 0 Å². The fraction of sp³-hybridized carbons (Fsp3) is 0.0556. The highest BCUT2D eigenvalue weighted by atomic mass is 14.1. The van der Waals surface area contributed by atoms with Gasteiger partial charge in [0.15, 0.2) is 0 Å². The van der Waals surface area contributed by atoms with E-state index in [0.29, 0.717) is 0 Å². The van der Waals surface area contributed by atoms with Crippen LogP contribution in [0.1, 0.15) is 5.56 Å². The van der Waals surface area contributed by atoms with Crippen LogP contribution in [0, 0.1) is 6.92 Å². The minimum Gasteiger partial charge on any atom is -0.0610 e. The molecule has 0 aromatic heterocycles. The van der Waals surface area contributed by atoms with Crippen molar-refractivity contribution in [3.8, 4) is 0 Å². The predicted molar refractivity (Wildman–Crippen MR) is 79.2 cm³/mol. The van der Waals surface area contributed by atoms with Gasteiger partial charge < -0.3 is 0 Å². The summed E-state index contributed by atoms with van der Waals surface area (Å²) in [4.78, 5) is 0. The van der Waals surface area contributed by atoms with Crippen LogP contribution < -0.4 is 0 Å². The fourth-order valence-electron chi connectivity index (χ4n) is 3.01. The summed E-state index contributed by atoms with van der Waals surface area (Å²) in [5, 5.41) is 8.12. The zero-order valence-corrected chi connectivity index (χ0v) is 10.1. The average Bonchev–Trinajstić information content (AvgIpc) is 2.44. The molecule has 4 aromatic rings. The van der Waals surface area contributed by atoms with Crippen molar-refractivity contribution in [1.29, 1.82) is 0 Å². The monoisotopic (exact) mass is 229 g/mol. The second-order valence-corrected chi connectivity index (χ2v) is 4.83. The van der Waals surface area contributed by atoms with Gasteiger partial charge in [0.1, 0.15) is 0 Å². The van der Waals surface area contributed by atoms with Crippen molar-refractivity contribution < 1.29 is 0 Å². The summed E-state index contributed by atoms with van der Waals surface area (Å²) in [7, 11) is 0. The lowest BCUT2D eigenvalue weighted by Crippen LogP contribution is -1.88. The molecule has 0 N–H and O–H groups in total. The van der Waals surface area contributed by atoms with Crippen LogP contribution in [0.15, 0.2) is 54.6 Å². The maximum Gasteiger partial charge on any atom is -0.00240 e. The lowest BCUT2D eigenvalue weighted by atomic mass is 9.91. The zero-order valence-electron chi connectivity index (χ0n) is 10.1. The van der Waals surface area contributed by atoms with Crippen LogP contribution in [0.4, 0.5) is 0 Å². The molecule has 0 aliphatic carbocycles. The molecule has 0 saturated carbocycles. The molecule has 4 aromatic carbocycles. The molecule has 0 bridgehead atoms. The molecule has 0 nitrogen and oxygen atoms in total. The van der Waals surface area contributed by atoms with Crippen molar-refractivity contribution in [1.82, 2.24) is 0 Å². The minimum absolute atomic E-state index is 0.841. The number of hydrogen-bond acceptors (Lipinski definition) is 0. The van der Waals surface area contributed by atoms with Crippen LogP contribution in [0.3, 0.4) is 0 Å². The topological polar surface area (TPSA) is 0 Å². The molecule has 0 saturated heterocycles. The molecule has 4 rings (SSSR count). The Morgan fingerprint density at radius 3 is 2.00 bits per heavy atom. The Bertz CT molecular complexity index is 840. The maximum absolute atomic E-state index is 4.04. The Morgan fingerprint density at radius 1 is 0.667 bits per heavy atom. The van der Waals surface area contributed by atoms with Crippen LogP contribution in [0.2, 0.25) is 0 Å². The molecule has 0 unspecified atom stereocenters. The van der Waals surface area contributed by atoms with E-state index in [1.807, 2.05) is 0 Å². The summed E-state index contributed by atoms with van der Waals surface area (Å²) in [5.74, 6) is 0. The molecular weight excluding hydrogens is 216 g/mol. The first-order chi connectivity index (χ1) is 8.88. The first-order valence-corrected chi connectivity index (χ1v) is 6.33. The van der Waals surface area contributed by atoms with Crippen LogP contribution in [0.5, 0.6) is 0 Å². The molecule has 85 valence electrons. The van der Waals surface area contributed by atoms with Crippen molar-refractivity contribution in [2.24, 2.45) is 0 Å². The Kier molecular flexibility index (Phi) is 1.90. The molecule has 0 heteroatoms. The van der Waals surface area contributed by atoms with Crippen LogP contribution >= 0.6 is 0 Å². The number of hydrogen-bond donors (Lipinski definition) is 0. The third kappa shape index (κ3) is 1.15. The number of benzene rings is 4. The van der Waals surface area contributed by atoms with Gasteiger partial charge in [-0.05, 0) is 51.2 Å². The second-order valence-electron chi connectivity index (χ2n) is 4.83. The van der Waals surface area contributed by atoms with Gasteiger partial charge in [-0.25, -0.2) is 0 Å². The lowest BCUT2D eigenvalue weighted by Gasteiger charge is -2.12. The maximum atomic E-state index is 4.04. The van der Waals surface area contributed by atoms with Gasteiger partial charge in [0.2, 0.25) is 0 Å². The van der Waals surface area contributed by atoms with E-state index in [2.05, 4.69) is 61.5 Å². The summed E-state index contributed by atoms with van der Waals surface area (Å²) < 4.78 is 0. The van der Waals surface area contributed by atoms with Crippen LogP contribution in [-0.2, 0) is 6.42 Å². The van der Waals surface area contributed by atoms with Crippen molar-refractivity contribution >= 4 is 32.3 Å². The Hall–Kier alpha value is -2.08. The molecule has 1 radical (unpaired) electrons. The highest BCUT2D eigenvalue weighted by Crippen LogP contribution is 2.35. The van der Waals surface area contributed by atoms with Crippen molar-refractivity contribution in [3.63, 3.8) is 0 Å². The highest BCUT2D eigenvalue weighted by molar-refractivity contribution is 6.23. The minimum atomic E-state index is 0.841. The molecule has 0 heterocycles. The quantitative estimate of drug-likeness (QED) is 0.405. The molecule has 0 amide bonds. The lowest BCUT2D eigenvalue weighted by molar-refractivity contribution is 1.31. The van der Waals surface area contributed by atoms with Crippen molar-refractivity contribution in [3.05, 3.63) is 67.1 Å². The van der Waals surface area contributed by atoms with Crippen molar-refractivity contribution in [2.75, 3.05) is 0 Å². The van der Waals surface area contributed by atoms with Crippen LogP contribution in [0.25, 0.3) is 32.3 Å². The normalized spacial score (nSPS) is 11.8. The van der Waals surface area contributed by atoms with Crippen molar-refractivity contribution in [2.45, 2.75) is 6.42 Å². The summed E-state index contributed by atoms with van der Waals surface area (Å²) in [6.07, 6.45) is 0.841. The second kappa shape index (κ2) is 3.46. The molecule has 0 aliphatic rings.